The van der Waals surface area contributed by atoms with Crippen LogP contribution in [0.25, 0.3) is 11.3 Å². The lowest BCUT2D eigenvalue weighted by Crippen LogP contribution is -2.48. The standard InChI is InChI=1S/C37H49FN4O2S/c1-3-19-42(37-39-34(26(2)45-37)29-15-10-16-31(38)22-29)32-17-20-40(21-18-32)23-30-24-41(25-33(30)27-11-6-4-7-12-27)35(36(43)44)28-13-8-5-9-14-28/h4,6-7,10-12,15-16,22,28,30,32-33,35H,3,5,8-9,13-14,17-21,23-25H2,1-2H3,(H,43,44)/t30-,33+,35+/m0/s1. The first kappa shape index (κ1) is 32.1. The molecule has 2 aromatic carbocycles. The van der Waals surface area contributed by atoms with Gasteiger partial charge in [0, 0.05) is 61.7 Å². The molecule has 8 heteroatoms. The number of anilines is 1. The van der Waals surface area contributed by atoms with E-state index in [4.69, 9.17) is 4.98 Å². The van der Waals surface area contributed by atoms with Crippen molar-refractivity contribution in [3.8, 4) is 11.3 Å². The second kappa shape index (κ2) is 14.7. The molecule has 0 spiro atoms. The van der Waals surface area contributed by atoms with Crippen molar-refractivity contribution in [2.75, 3.05) is 44.2 Å². The lowest BCUT2D eigenvalue weighted by atomic mass is 9.83. The number of carbonyl (C=O) groups is 1. The highest BCUT2D eigenvalue weighted by Gasteiger charge is 2.43. The smallest absolute Gasteiger partial charge is 0.321 e. The Kier molecular flexibility index (Phi) is 10.5. The van der Waals surface area contributed by atoms with E-state index in [1.165, 1.54) is 18.1 Å². The summed E-state index contributed by atoms with van der Waals surface area (Å²) in [4.78, 5) is 26.3. The van der Waals surface area contributed by atoms with Gasteiger partial charge in [0.2, 0.25) is 0 Å². The Morgan fingerprint density at radius 2 is 1.80 bits per heavy atom. The van der Waals surface area contributed by atoms with Gasteiger partial charge in [0.1, 0.15) is 11.9 Å². The number of carboxylic acids is 1. The van der Waals surface area contributed by atoms with E-state index >= 15 is 0 Å². The summed E-state index contributed by atoms with van der Waals surface area (Å²) in [5.74, 6) is 0.167. The van der Waals surface area contributed by atoms with Gasteiger partial charge in [-0.05, 0) is 68.6 Å². The van der Waals surface area contributed by atoms with Crippen LogP contribution in [0.3, 0.4) is 0 Å². The van der Waals surface area contributed by atoms with E-state index in [-0.39, 0.29) is 17.8 Å². The van der Waals surface area contributed by atoms with Gasteiger partial charge < -0.3 is 14.9 Å². The normalized spacial score (nSPS) is 22.9. The number of halogens is 1. The lowest BCUT2D eigenvalue weighted by molar-refractivity contribution is -0.145. The Hall–Kier alpha value is -2.81. The van der Waals surface area contributed by atoms with Crippen molar-refractivity contribution in [2.24, 2.45) is 11.8 Å². The third-order valence-electron chi connectivity index (χ3n) is 10.5. The minimum Gasteiger partial charge on any atom is -0.480 e. The maximum Gasteiger partial charge on any atom is 0.321 e. The minimum atomic E-state index is -0.635. The van der Waals surface area contributed by atoms with E-state index in [2.05, 4.69) is 58.9 Å². The van der Waals surface area contributed by atoms with E-state index in [0.29, 0.717) is 17.9 Å². The van der Waals surface area contributed by atoms with E-state index in [1.807, 2.05) is 6.07 Å². The zero-order chi connectivity index (χ0) is 31.3. The molecular formula is C37H49FN4O2S. The summed E-state index contributed by atoms with van der Waals surface area (Å²) in [5, 5.41) is 11.4. The molecule has 0 radical (unpaired) electrons. The van der Waals surface area contributed by atoms with Crippen LogP contribution in [0.5, 0.6) is 0 Å². The van der Waals surface area contributed by atoms with Crippen molar-refractivity contribution in [1.82, 2.24) is 14.8 Å². The van der Waals surface area contributed by atoms with Crippen molar-refractivity contribution in [3.63, 3.8) is 0 Å². The van der Waals surface area contributed by atoms with Crippen LogP contribution < -0.4 is 4.90 Å². The van der Waals surface area contributed by atoms with E-state index < -0.39 is 5.97 Å². The number of carboxylic acid groups (broad SMARTS) is 1. The highest BCUT2D eigenvalue weighted by atomic mass is 32.1. The van der Waals surface area contributed by atoms with Crippen molar-refractivity contribution in [2.45, 2.75) is 83.2 Å². The summed E-state index contributed by atoms with van der Waals surface area (Å²) in [6, 6.07) is 17.6. The van der Waals surface area contributed by atoms with Gasteiger partial charge >= 0.3 is 5.97 Å². The summed E-state index contributed by atoms with van der Waals surface area (Å²) in [7, 11) is 0. The van der Waals surface area contributed by atoms with Crippen molar-refractivity contribution >= 4 is 22.4 Å². The van der Waals surface area contributed by atoms with Crippen LogP contribution >= 0.6 is 11.3 Å². The van der Waals surface area contributed by atoms with Crippen molar-refractivity contribution < 1.29 is 14.3 Å². The minimum absolute atomic E-state index is 0.230. The van der Waals surface area contributed by atoms with Crippen LogP contribution in [0.1, 0.15) is 74.6 Å². The summed E-state index contributed by atoms with van der Waals surface area (Å²) in [6.07, 6.45) is 8.85. The molecule has 242 valence electrons. The number of aliphatic carboxylic acids is 1. The maximum atomic E-state index is 14.0. The molecule has 3 heterocycles. The molecule has 6 nitrogen and oxygen atoms in total. The molecular weight excluding hydrogens is 583 g/mol. The molecule has 3 fully saturated rings. The number of benzene rings is 2. The number of piperidine rings is 1. The Bertz CT molecular complexity index is 1400. The predicted molar refractivity (Wildman–Crippen MR) is 182 cm³/mol. The van der Waals surface area contributed by atoms with Gasteiger partial charge in [-0.3, -0.25) is 9.69 Å². The number of hydrogen-bond acceptors (Lipinski definition) is 6. The average molecular weight is 633 g/mol. The van der Waals surface area contributed by atoms with Gasteiger partial charge in [0.15, 0.2) is 5.13 Å². The Labute approximate surface area is 272 Å². The van der Waals surface area contributed by atoms with Gasteiger partial charge in [-0.15, -0.1) is 11.3 Å². The molecule has 1 aliphatic carbocycles. The highest BCUT2D eigenvalue weighted by molar-refractivity contribution is 7.16. The van der Waals surface area contributed by atoms with Crippen LogP contribution in [-0.4, -0.2) is 77.2 Å². The van der Waals surface area contributed by atoms with Crippen molar-refractivity contribution in [1.29, 1.82) is 0 Å². The average Bonchev–Trinajstić information content (AvgIpc) is 3.64. The first-order valence-corrected chi connectivity index (χ1v) is 18.0. The summed E-state index contributed by atoms with van der Waals surface area (Å²) in [6.45, 7) is 10.0. The molecule has 45 heavy (non-hydrogen) atoms. The molecule has 1 aromatic heterocycles. The molecule has 0 unspecified atom stereocenters. The number of rotatable bonds is 11. The van der Waals surface area contributed by atoms with Crippen LogP contribution in [-0.2, 0) is 4.79 Å². The monoisotopic (exact) mass is 632 g/mol. The molecule has 3 atom stereocenters. The first-order valence-electron chi connectivity index (χ1n) is 17.2. The highest BCUT2D eigenvalue weighted by Crippen LogP contribution is 2.39. The molecule has 0 amide bonds. The number of aromatic nitrogens is 1. The number of thiazole rings is 1. The quantitative estimate of drug-likeness (QED) is 0.234. The van der Waals surface area contributed by atoms with Gasteiger partial charge in [-0.25, -0.2) is 9.37 Å². The Morgan fingerprint density at radius 3 is 2.49 bits per heavy atom. The summed E-state index contributed by atoms with van der Waals surface area (Å²) < 4.78 is 14.0. The Balaban J connectivity index is 1.13. The predicted octanol–water partition coefficient (Wildman–Crippen LogP) is 7.69. The zero-order valence-corrected chi connectivity index (χ0v) is 27.7. The second-order valence-electron chi connectivity index (χ2n) is 13.5. The van der Waals surface area contributed by atoms with Gasteiger partial charge in [-0.1, -0.05) is 68.7 Å². The number of aryl methyl sites for hydroxylation is 1. The Morgan fingerprint density at radius 1 is 1.04 bits per heavy atom. The molecule has 2 aliphatic heterocycles. The maximum absolute atomic E-state index is 14.0. The molecule has 1 saturated carbocycles. The zero-order valence-electron chi connectivity index (χ0n) is 26.9. The fourth-order valence-electron chi connectivity index (χ4n) is 8.33. The SMILES string of the molecule is CCCN(c1nc(-c2cccc(F)c2)c(C)s1)C1CCN(C[C@H]2CN([C@@H](C(=O)O)C3CCCCC3)C[C@@H]2c2ccccc2)CC1. The van der Waals surface area contributed by atoms with E-state index in [9.17, 15) is 14.3 Å². The number of nitrogens with zero attached hydrogens (tertiary/aromatic N) is 4. The van der Waals surface area contributed by atoms with Crippen molar-refractivity contribution in [3.05, 3.63) is 70.9 Å². The fraction of sp³-hybridized carbons (Fsp3) is 0.568. The molecule has 1 N–H and O–H groups in total. The summed E-state index contributed by atoms with van der Waals surface area (Å²) in [5.41, 5.74) is 3.07. The second-order valence-corrected chi connectivity index (χ2v) is 14.7. The molecule has 6 rings (SSSR count). The molecule has 0 bridgehead atoms. The van der Waals surface area contributed by atoms with Crippen LogP contribution in [0, 0.1) is 24.6 Å². The van der Waals surface area contributed by atoms with Crippen LogP contribution in [0.2, 0.25) is 0 Å². The van der Waals surface area contributed by atoms with Gasteiger partial charge in [0.25, 0.3) is 0 Å². The van der Waals surface area contributed by atoms with Gasteiger partial charge in [-0.2, -0.15) is 0 Å². The van der Waals surface area contributed by atoms with E-state index in [0.717, 1.165) is 105 Å². The third kappa shape index (κ3) is 7.44. The summed E-state index contributed by atoms with van der Waals surface area (Å²) >= 11 is 1.72. The largest absolute Gasteiger partial charge is 0.480 e. The molecule has 2 saturated heterocycles. The third-order valence-corrected chi connectivity index (χ3v) is 11.5. The fourth-order valence-corrected chi connectivity index (χ4v) is 9.36. The van der Waals surface area contributed by atoms with E-state index in [1.54, 1.807) is 23.5 Å². The lowest BCUT2D eigenvalue weighted by Gasteiger charge is -2.39. The van der Waals surface area contributed by atoms with Crippen LogP contribution in [0.15, 0.2) is 54.6 Å². The topological polar surface area (TPSA) is 59.9 Å². The number of hydrogen-bond donors (Lipinski definition) is 1. The molecule has 3 aromatic rings. The first-order chi connectivity index (χ1) is 21.9. The number of likely N-dealkylation sites (tertiary alicyclic amines) is 2. The molecule has 3 aliphatic rings. The van der Waals surface area contributed by atoms with Crippen LogP contribution in [0.4, 0.5) is 9.52 Å². The van der Waals surface area contributed by atoms with Gasteiger partial charge in [0.05, 0.1) is 5.69 Å².